The first-order valence-corrected chi connectivity index (χ1v) is 11.2. The molecule has 0 fully saturated rings. The standard InChI is InChI=1S/C23H28N4O2S/c1-16-20(17(2)25-24-16)8-10-26(3)23(28)14-27-12-18-6-4-5-7-21(18)29-22(13-27)19-9-11-30-15-19/h4-7,9,11,15,22H,8,10,12-14H2,1-3H3,(H,24,25)/t22-/m0/s1. The summed E-state index contributed by atoms with van der Waals surface area (Å²) in [4.78, 5) is 17.0. The normalized spacial score (nSPS) is 16.6. The molecule has 0 spiro atoms. The van der Waals surface area contributed by atoms with Crippen molar-refractivity contribution in [2.24, 2.45) is 0 Å². The number of ether oxygens (including phenoxy) is 1. The lowest BCUT2D eigenvalue weighted by Crippen LogP contribution is -2.40. The smallest absolute Gasteiger partial charge is 0.236 e. The van der Waals surface area contributed by atoms with Gasteiger partial charge in [-0.2, -0.15) is 16.4 Å². The number of hydrogen-bond donors (Lipinski definition) is 1. The third-order valence-electron chi connectivity index (χ3n) is 5.74. The maximum absolute atomic E-state index is 13.0. The van der Waals surface area contributed by atoms with Gasteiger partial charge in [-0.3, -0.25) is 14.8 Å². The second-order valence-corrected chi connectivity index (χ2v) is 8.70. The van der Waals surface area contributed by atoms with Crippen LogP contribution >= 0.6 is 11.3 Å². The molecule has 158 valence electrons. The van der Waals surface area contributed by atoms with Gasteiger partial charge in [0.15, 0.2) is 0 Å². The quantitative estimate of drug-likeness (QED) is 0.655. The second kappa shape index (κ2) is 9.02. The molecule has 0 bridgehead atoms. The number of aryl methyl sites for hydroxylation is 2. The maximum Gasteiger partial charge on any atom is 0.236 e. The second-order valence-electron chi connectivity index (χ2n) is 7.92. The Labute approximate surface area is 181 Å². The van der Waals surface area contributed by atoms with Gasteiger partial charge in [0.25, 0.3) is 0 Å². The highest BCUT2D eigenvalue weighted by atomic mass is 32.1. The Hall–Kier alpha value is -2.64. The topological polar surface area (TPSA) is 61.5 Å². The number of carbonyl (C=O) groups excluding carboxylic acids is 1. The van der Waals surface area contributed by atoms with E-state index in [9.17, 15) is 4.79 Å². The van der Waals surface area contributed by atoms with Crippen molar-refractivity contribution in [1.82, 2.24) is 20.0 Å². The number of nitrogens with zero attached hydrogens (tertiary/aromatic N) is 3. The van der Waals surface area contributed by atoms with Gasteiger partial charge in [0.05, 0.1) is 12.2 Å². The number of aromatic amines is 1. The number of nitrogens with one attached hydrogen (secondary N) is 1. The van der Waals surface area contributed by atoms with Gasteiger partial charge in [-0.1, -0.05) is 18.2 Å². The Kier molecular flexibility index (Phi) is 6.20. The number of aromatic nitrogens is 2. The largest absolute Gasteiger partial charge is 0.484 e. The monoisotopic (exact) mass is 424 g/mol. The molecule has 2 aromatic heterocycles. The summed E-state index contributed by atoms with van der Waals surface area (Å²) in [6.45, 7) is 6.46. The van der Waals surface area contributed by atoms with Gasteiger partial charge in [-0.05, 0) is 48.7 Å². The summed E-state index contributed by atoms with van der Waals surface area (Å²) in [5, 5.41) is 11.5. The molecule has 6 nitrogen and oxygen atoms in total. The van der Waals surface area contributed by atoms with Crippen LogP contribution in [0.2, 0.25) is 0 Å². The fourth-order valence-corrected chi connectivity index (χ4v) is 4.59. The minimum atomic E-state index is -0.0748. The lowest BCUT2D eigenvalue weighted by Gasteiger charge is -2.26. The molecule has 1 aliphatic heterocycles. The molecule has 0 saturated carbocycles. The van der Waals surface area contributed by atoms with Crippen LogP contribution in [0.3, 0.4) is 0 Å². The van der Waals surface area contributed by atoms with Crippen LogP contribution in [0.15, 0.2) is 41.1 Å². The minimum absolute atomic E-state index is 0.0748. The summed E-state index contributed by atoms with van der Waals surface area (Å²) in [5.41, 5.74) is 5.56. The molecule has 0 radical (unpaired) electrons. The first-order chi connectivity index (χ1) is 14.5. The van der Waals surface area contributed by atoms with Crippen molar-refractivity contribution in [3.8, 4) is 5.75 Å². The van der Waals surface area contributed by atoms with Gasteiger partial charge in [0.1, 0.15) is 11.9 Å². The summed E-state index contributed by atoms with van der Waals surface area (Å²) in [6, 6.07) is 10.2. The van der Waals surface area contributed by atoms with Crippen LogP contribution in [0, 0.1) is 13.8 Å². The summed E-state index contributed by atoms with van der Waals surface area (Å²) in [6.07, 6.45) is 0.731. The number of carbonyl (C=O) groups is 1. The van der Waals surface area contributed by atoms with E-state index in [0.717, 1.165) is 34.7 Å². The molecule has 4 rings (SSSR count). The molecule has 1 aliphatic rings. The molecular formula is C23H28N4O2S. The van der Waals surface area contributed by atoms with E-state index in [0.29, 0.717) is 26.2 Å². The molecule has 0 saturated heterocycles. The molecule has 1 aromatic carbocycles. The van der Waals surface area contributed by atoms with Crippen molar-refractivity contribution in [3.05, 3.63) is 69.2 Å². The van der Waals surface area contributed by atoms with Crippen LogP contribution < -0.4 is 4.74 Å². The van der Waals surface area contributed by atoms with E-state index in [1.807, 2.05) is 44.0 Å². The Morgan fingerprint density at radius 3 is 2.90 bits per heavy atom. The van der Waals surface area contributed by atoms with Crippen molar-refractivity contribution >= 4 is 17.2 Å². The number of para-hydroxylation sites is 1. The fraction of sp³-hybridized carbons (Fsp3) is 0.391. The molecular weight excluding hydrogens is 396 g/mol. The average molecular weight is 425 g/mol. The maximum atomic E-state index is 13.0. The van der Waals surface area contributed by atoms with E-state index in [-0.39, 0.29) is 12.0 Å². The van der Waals surface area contributed by atoms with Gasteiger partial charge in [-0.15, -0.1) is 0 Å². The lowest BCUT2D eigenvalue weighted by molar-refractivity contribution is -0.131. The third kappa shape index (κ3) is 4.57. The number of thiophene rings is 1. The highest BCUT2D eigenvalue weighted by Crippen LogP contribution is 2.31. The van der Waals surface area contributed by atoms with Crippen molar-refractivity contribution in [3.63, 3.8) is 0 Å². The van der Waals surface area contributed by atoms with Crippen LogP contribution in [0.5, 0.6) is 5.75 Å². The summed E-state index contributed by atoms with van der Waals surface area (Å²) in [5.74, 6) is 1.03. The first-order valence-electron chi connectivity index (χ1n) is 10.2. The Bertz CT molecular complexity index is 979. The zero-order valence-electron chi connectivity index (χ0n) is 17.7. The van der Waals surface area contributed by atoms with Crippen LogP contribution in [0.25, 0.3) is 0 Å². The van der Waals surface area contributed by atoms with Crippen LogP contribution in [0.1, 0.15) is 34.2 Å². The van der Waals surface area contributed by atoms with E-state index in [2.05, 4.69) is 38.0 Å². The predicted molar refractivity (Wildman–Crippen MR) is 119 cm³/mol. The van der Waals surface area contributed by atoms with E-state index in [4.69, 9.17) is 4.74 Å². The van der Waals surface area contributed by atoms with Gasteiger partial charge in [0, 0.05) is 43.5 Å². The van der Waals surface area contributed by atoms with Gasteiger partial charge < -0.3 is 9.64 Å². The minimum Gasteiger partial charge on any atom is -0.484 e. The Morgan fingerprint density at radius 1 is 1.33 bits per heavy atom. The molecule has 1 amide bonds. The number of fused-ring (bicyclic) bond motifs is 1. The van der Waals surface area contributed by atoms with Crippen LogP contribution in [-0.4, -0.2) is 52.6 Å². The number of benzene rings is 1. The molecule has 3 aromatic rings. The SMILES string of the molecule is Cc1n[nH]c(C)c1CCN(C)C(=O)CN1Cc2ccccc2O[C@H](c2ccsc2)C1. The highest BCUT2D eigenvalue weighted by molar-refractivity contribution is 7.07. The van der Waals surface area contributed by atoms with Crippen molar-refractivity contribution in [2.75, 3.05) is 26.7 Å². The van der Waals surface area contributed by atoms with E-state index < -0.39 is 0 Å². The average Bonchev–Trinajstić information content (AvgIpc) is 3.33. The molecule has 30 heavy (non-hydrogen) atoms. The Balaban J connectivity index is 1.43. The van der Waals surface area contributed by atoms with Gasteiger partial charge in [0.2, 0.25) is 5.91 Å². The van der Waals surface area contributed by atoms with Gasteiger partial charge in [-0.25, -0.2) is 0 Å². The molecule has 1 atom stereocenters. The highest BCUT2D eigenvalue weighted by Gasteiger charge is 2.26. The van der Waals surface area contributed by atoms with Crippen molar-refractivity contribution < 1.29 is 9.53 Å². The predicted octanol–water partition coefficient (Wildman–Crippen LogP) is 3.72. The summed E-state index contributed by atoms with van der Waals surface area (Å²) in [7, 11) is 1.88. The number of hydrogen-bond acceptors (Lipinski definition) is 5. The summed E-state index contributed by atoms with van der Waals surface area (Å²) < 4.78 is 6.33. The van der Waals surface area contributed by atoms with E-state index in [1.54, 1.807) is 11.3 Å². The molecule has 0 unspecified atom stereocenters. The molecule has 3 heterocycles. The van der Waals surface area contributed by atoms with Crippen molar-refractivity contribution in [1.29, 1.82) is 0 Å². The Morgan fingerprint density at radius 2 is 2.17 bits per heavy atom. The van der Waals surface area contributed by atoms with Crippen LogP contribution in [-0.2, 0) is 17.8 Å². The fourth-order valence-electron chi connectivity index (χ4n) is 3.89. The first kappa shape index (κ1) is 20.6. The molecule has 1 N–H and O–H groups in total. The lowest BCUT2D eigenvalue weighted by atomic mass is 10.1. The van der Waals surface area contributed by atoms with Crippen molar-refractivity contribution in [2.45, 2.75) is 32.9 Å². The summed E-state index contributed by atoms with van der Waals surface area (Å²) >= 11 is 1.67. The number of rotatable bonds is 6. The zero-order chi connectivity index (χ0) is 21.1. The third-order valence-corrected chi connectivity index (χ3v) is 6.44. The van der Waals surface area contributed by atoms with E-state index >= 15 is 0 Å². The molecule has 7 heteroatoms. The molecule has 0 aliphatic carbocycles. The van der Waals surface area contributed by atoms with Gasteiger partial charge >= 0.3 is 0 Å². The number of H-pyrrole nitrogens is 1. The zero-order valence-corrected chi connectivity index (χ0v) is 18.5. The number of amides is 1. The van der Waals surface area contributed by atoms with Crippen LogP contribution in [0.4, 0.5) is 0 Å². The number of likely N-dealkylation sites (N-methyl/N-ethyl adjacent to an activating group) is 1. The van der Waals surface area contributed by atoms with E-state index in [1.165, 1.54) is 5.56 Å².